The van der Waals surface area contributed by atoms with Crippen LogP contribution < -0.4 is 0 Å². The lowest BCUT2D eigenvalue weighted by atomic mass is 10.2. The lowest BCUT2D eigenvalue weighted by molar-refractivity contribution is 0.0995. The van der Waals surface area contributed by atoms with Crippen molar-refractivity contribution in [1.29, 1.82) is 0 Å². The van der Waals surface area contributed by atoms with Crippen LogP contribution in [0.15, 0.2) is 18.3 Å². The van der Waals surface area contributed by atoms with Crippen molar-refractivity contribution in [2.45, 2.75) is 13.5 Å². The number of aryl methyl sites for hydroxylation is 1. The van der Waals surface area contributed by atoms with Gasteiger partial charge < -0.3 is 9.64 Å². The third kappa shape index (κ3) is 3.36. The fourth-order valence-electron chi connectivity index (χ4n) is 1.65. The molecule has 4 nitrogen and oxygen atoms in total. The summed E-state index contributed by atoms with van der Waals surface area (Å²) in [6.07, 6.45) is 1.52. The van der Waals surface area contributed by atoms with Crippen LogP contribution in [0.3, 0.4) is 0 Å². The molecule has 17 heavy (non-hydrogen) atoms. The van der Waals surface area contributed by atoms with E-state index in [1.165, 1.54) is 0 Å². The van der Waals surface area contributed by atoms with E-state index in [1.807, 2.05) is 30.8 Å². The molecule has 2 rings (SSSR count). The molecule has 1 aliphatic heterocycles. The molecule has 0 bridgehead atoms. The van der Waals surface area contributed by atoms with Gasteiger partial charge in [-0.1, -0.05) is 6.07 Å². The van der Waals surface area contributed by atoms with Gasteiger partial charge in [-0.3, -0.25) is 4.98 Å². The molecule has 1 amide bonds. The highest BCUT2D eigenvalue weighted by Crippen LogP contribution is 2.12. The van der Waals surface area contributed by atoms with Gasteiger partial charge in [0.15, 0.2) is 0 Å². The van der Waals surface area contributed by atoms with Crippen LogP contribution in [0.1, 0.15) is 11.3 Å². The molecule has 1 aliphatic rings. The number of ether oxygens (including phenoxy) is 1. The average molecular weight is 252 g/mol. The van der Waals surface area contributed by atoms with Gasteiger partial charge in [-0.15, -0.1) is 0 Å². The van der Waals surface area contributed by atoms with Crippen LogP contribution in [0.25, 0.3) is 0 Å². The molecule has 0 N–H and O–H groups in total. The lowest BCUT2D eigenvalue weighted by Gasteiger charge is -2.25. The number of hydrogen-bond acceptors (Lipinski definition) is 4. The minimum Gasteiger partial charge on any atom is -0.444 e. The fraction of sp³-hybridized carbons (Fsp3) is 0.500. The first-order valence-electron chi connectivity index (χ1n) is 5.67. The maximum Gasteiger partial charge on any atom is 0.410 e. The van der Waals surface area contributed by atoms with Gasteiger partial charge in [0.25, 0.3) is 0 Å². The number of amides is 1. The van der Waals surface area contributed by atoms with Crippen molar-refractivity contribution in [2.75, 3.05) is 24.6 Å². The first-order chi connectivity index (χ1) is 8.27. The minimum absolute atomic E-state index is 0.214. The first kappa shape index (κ1) is 12.2. The molecule has 1 aromatic rings. The maximum atomic E-state index is 11.8. The highest BCUT2D eigenvalue weighted by Gasteiger charge is 2.17. The Balaban J connectivity index is 1.85. The molecule has 92 valence electrons. The summed E-state index contributed by atoms with van der Waals surface area (Å²) < 4.78 is 5.29. The summed E-state index contributed by atoms with van der Waals surface area (Å²) in [5.41, 5.74) is 1.88. The zero-order valence-corrected chi connectivity index (χ0v) is 10.7. The number of rotatable bonds is 2. The molecule has 0 aromatic carbocycles. The van der Waals surface area contributed by atoms with Crippen molar-refractivity contribution in [3.05, 3.63) is 29.6 Å². The summed E-state index contributed by atoms with van der Waals surface area (Å²) in [7, 11) is 0. The molecule has 0 saturated carbocycles. The van der Waals surface area contributed by atoms with E-state index in [-0.39, 0.29) is 6.09 Å². The van der Waals surface area contributed by atoms with E-state index in [4.69, 9.17) is 4.74 Å². The van der Waals surface area contributed by atoms with E-state index in [9.17, 15) is 4.79 Å². The summed E-state index contributed by atoms with van der Waals surface area (Å²) in [4.78, 5) is 17.7. The lowest BCUT2D eigenvalue weighted by Crippen LogP contribution is -2.38. The van der Waals surface area contributed by atoms with Gasteiger partial charge in [-0.25, -0.2) is 4.79 Å². The Morgan fingerprint density at radius 2 is 2.29 bits per heavy atom. The molecular weight excluding hydrogens is 236 g/mol. The van der Waals surface area contributed by atoms with Crippen molar-refractivity contribution >= 4 is 17.9 Å². The fourth-order valence-corrected chi connectivity index (χ4v) is 2.55. The molecule has 0 unspecified atom stereocenters. The molecule has 0 aliphatic carbocycles. The monoisotopic (exact) mass is 252 g/mol. The second-order valence-corrected chi connectivity index (χ2v) is 5.13. The number of carbonyl (C=O) groups excluding carboxylic acids is 1. The van der Waals surface area contributed by atoms with Gasteiger partial charge in [-0.2, -0.15) is 11.8 Å². The van der Waals surface area contributed by atoms with E-state index in [0.717, 1.165) is 35.9 Å². The van der Waals surface area contributed by atoms with Crippen LogP contribution in [0.5, 0.6) is 0 Å². The van der Waals surface area contributed by atoms with Gasteiger partial charge in [0, 0.05) is 42.0 Å². The van der Waals surface area contributed by atoms with Crippen LogP contribution in [0, 0.1) is 6.92 Å². The Morgan fingerprint density at radius 3 is 3.00 bits per heavy atom. The van der Waals surface area contributed by atoms with Crippen LogP contribution in [-0.4, -0.2) is 40.6 Å². The number of aromatic nitrogens is 1. The third-order valence-corrected chi connectivity index (χ3v) is 3.68. The quantitative estimate of drug-likeness (QED) is 0.808. The predicted molar refractivity (Wildman–Crippen MR) is 68.1 cm³/mol. The van der Waals surface area contributed by atoms with Gasteiger partial charge in [0.05, 0.1) is 0 Å². The van der Waals surface area contributed by atoms with Crippen LogP contribution in [-0.2, 0) is 11.3 Å². The van der Waals surface area contributed by atoms with Crippen molar-refractivity contribution in [1.82, 2.24) is 9.88 Å². The molecule has 1 fully saturated rings. The molecule has 0 atom stereocenters. The SMILES string of the molecule is Cc1ncccc1COC(=O)N1CCSCC1. The van der Waals surface area contributed by atoms with Crippen molar-refractivity contribution in [2.24, 2.45) is 0 Å². The third-order valence-electron chi connectivity index (χ3n) is 2.74. The topological polar surface area (TPSA) is 42.4 Å². The number of hydrogen-bond donors (Lipinski definition) is 0. The number of nitrogens with zero attached hydrogens (tertiary/aromatic N) is 2. The Labute approximate surface area is 105 Å². The molecule has 0 spiro atoms. The summed E-state index contributed by atoms with van der Waals surface area (Å²) in [5.74, 6) is 2.00. The summed E-state index contributed by atoms with van der Waals surface area (Å²) in [5, 5.41) is 0. The van der Waals surface area contributed by atoms with Crippen molar-refractivity contribution in [3.63, 3.8) is 0 Å². The van der Waals surface area contributed by atoms with Gasteiger partial charge in [0.2, 0.25) is 0 Å². The van der Waals surface area contributed by atoms with Crippen LogP contribution >= 0.6 is 11.8 Å². The largest absolute Gasteiger partial charge is 0.444 e. The summed E-state index contributed by atoms with van der Waals surface area (Å²) in [6.45, 7) is 3.80. The average Bonchev–Trinajstić information content (AvgIpc) is 2.38. The molecule has 1 saturated heterocycles. The Hall–Kier alpha value is -1.23. The molecule has 0 radical (unpaired) electrons. The highest BCUT2D eigenvalue weighted by molar-refractivity contribution is 7.99. The Morgan fingerprint density at radius 1 is 1.53 bits per heavy atom. The smallest absolute Gasteiger partial charge is 0.410 e. The molecular formula is C12H16N2O2S. The predicted octanol–water partition coefficient (Wildman–Crippen LogP) is 2.08. The highest BCUT2D eigenvalue weighted by atomic mass is 32.2. The number of pyridine rings is 1. The van der Waals surface area contributed by atoms with E-state index < -0.39 is 0 Å². The van der Waals surface area contributed by atoms with Crippen molar-refractivity contribution < 1.29 is 9.53 Å². The molecule has 5 heteroatoms. The zero-order valence-electron chi connectivity index (χ0n) is 9.89. The van der Waals surface area contributed by atoms with Crippen LogP contribution in [0.4, 0.5) is 4.79 Å². The number of thioether (sulfide) groups is 1. The molecule has 1 aromatic heterocycles. The van der Waals surface area contributed by atoms with Crippen molar-refractivity contribution in [3.8, 4) is 0 Å². The summed E-state index contributed by atoms with van der Waals surface area (Å²) >= 11 is 1.87. The van der Waals surface area contributed by atoms with Gasteiger partial charge in [-0.05, 0) is 13.0 Å². The molecule has 2 heterocycles. The second kappa shape index (κ2) is 5.91. The number of carbonyl (C=O) groups is 1. The standard InChI is InChI=1S/C12H16N2O2S/c1-10-11(3-2-4-13-10)9-16-12(15)14-5-7-17-8-6-14/h2-4H,5-9H2,1H3. The second-order valence-electron chi connectivity index (χ2n) is 3.90. The van der Waals surface area contributed by atoms with E-state index in [0.29, 0.717) is 6.61 Å². The van der Waals surface area contributed by atoms with E-state index in [1.54, 1.807) is 11.1 Å². The van der Waals surface area contributed by atoms with Gasteiger partial charge in [0.1, 0.15) is 6.61 Å². The normalized spacial score (nSPS) is 15.7. The van der Waals surface area contributed by atoms with E-state index in [2.05, 4.69) is 4.98 Å². The van der Waals surface area contributed by atoms with Crippen LogP contribution in [0.2, 0.25) is 0 Å². The maximum absolute atomic E-state index is 11.8. The zero-order chi connectivity index (χ0) is 12.1. The minimum atomic E-state index is -0.214. The van der Waals surface area contributed by atoms with E-state index >= 15 is 0 Å². The van der Waals surface area contributed by atoms with Gasteiger partial charge >= 0.3 is 6.09 Å². The Kier molecular flexibility index (Phi) is 4.25. The Bertz CT molecular complexity index is 392. The first-order valence-corrected chi connectivity index (χ1v) is 6.83. The summed E-state index contributed by atoms with van der Waals surface area (Å²) in [6, 6.07) is 3.79.